The monoisotopic (exact) mass is 238 g/mol. The first kappa shape index (κ1) is 13.4. The Morgan fingerprint density at radius 2 is 2.29 bits per heavy atom. The van der Waals surface area contributed by atoms with Crippen molar-refractivity contribution in [2.24, 2.45) is 11.7 Å². The van der Waals surface area contributed by atoms with E-state index in [0.29, 0.717) is 31.5 Å². The van der Waals surface area contributed by atoms with Crippen LogP contribution in [0.3, 0.4) is 0 Å². The quantitative estimate of drug-likeness (QED) is 0.654. The van der Waals surface area contributed by atoms with Gasteiger partial charge in [-0.1, -0.05) is 6.08 Å². The highest BCUT2D eigenvalue weighted by Crippen LogP contribution is 2.16. The minimum Gasteiger partial charge on any atom is -0.481 e. The summed E-state index contributed by atoms with van der Waals surface area (Å²) < 4.78 is 0. The minimum atomic E-state index is -1.07. The molecule has 0 aromatic rings. The fourth-order valence-electron chi connectivity index (χ4n) is 1.75. The third kappa shape index (κ3) is 3.71. The zero-order valence-corrected chi connectivity index (χ0v) is 9.93. The fourth-order valence-corrected chi connectivity index (χ4v) is 1.75. The Labute approximate surface area is 101 Å². The van der Waals surface area contributed by atoms with E-state index in [1.54, 1.807) is 12.2 Å². The fraction of sp³-hybridized carbons (Fsp3) is 0.500. The molecule has 17 heavy (non-hydrogen) atoms. The van der Waals surface area contributed by atoms with Crippen LogP contribution in [0.4, 0.5) is 0 Å². The number of carboxylic acids is 1. The van der Waals surface area contributed by atoms with E-state index in [-0.39, 0.29) is 5.78 Å². The van der Waals surface area contributed by atoms with Gasteiger partial charge in [-0.05, 0) is 31.7 Å². The molecule has 1 aliphatic rings. The molecule has 1 heterocycles. The molecule has 3 N–H and O–H groups in total. The third-order valence-corrected chi connectivity index (χ3v) is 2.69. The second kappa shape index (κ2) is 6.20. The lowest BCUT2D eigenvalue weighted by Gasteiger charge is -2.21. The number of aliphatic carboxylic acids is 1. The third-order valence-electron chi connectivity index (χ3n) is 2.69. The first-order chi connectivity index (χ1) is 8.06. The number of Topliss-reactive ketones (excluding diaryl/α,β-unsaturated/α-hetero) is 1. The Morgan fingerprint density at radius 3 is 2.82 bits per heavy atom. The summed E-state index contributed by atoms with van der Waals surface area (Å²) in [6.45, 7) is 0.859. The number of nitrogens with two attached hydrogens (primary N) is 1. The molecule has 5 nitrogen and oxygen atoms in total. The summed E-state index contributed by atoms with van der Waals surface area (Å²) in [6, 6.07) is 0. The maximum absolute atomic E-state index is 12.0. The molecule has 0 saturated carbocycles. The molecule has 0 aliphatic carbocycles. The predicted molar refractivity (Wildman–Crippen MR) is 64.3 cm³/mol. The van der Waals surface area contributed by atoms with Gasteiger partial charge in [-0.2, -0.15) is 0 Å². The summed E-state index contributed by atoms with van der Waals surface area (Å²) in [6.07, 6.45) is 6.11. The van der Waals surface area contributed by atoms with E-state index in [1.807, 2.05) is 18.1 Å². The maximum atomic E-state index is 12.0. The molecule has 0 spiro atoms. The van der Waals surface area contributed by atoms with Gasteiger partial charge >= 0.3 is 5.97 Å². The van der Waals surface area contributed by atoms with Gasteiger partial charge in [0, 0.05) is 19.2 Å². The van der Waals surface area contributed by atoms with Crippen LogP contribution < -0.4 is 5.73 Å². The Hall–Kier alpha value is -1.62. The van der Waals surface area contributed by atoms with Crippen molar-refractivity contribution >= 4 is 11.8 Å². The van der Waals surface area contributed by atoms with Crippen molar-refractivity contribution < 1.29 is 14.7 Å². The van der Waals surface area contributed by atoms with Gasteiger partial charge in [-0.25, -0.2) is 0 Å². The molecule has 1 aliphatic heterocycles. The average molecular weight is 238 g/mol. The van der Waals surface area contributed by atoms with Crippen molar-refractivity contribution in [1.29, 1.82) is 0 Å². The normalized spacial score (nSPS) is 16.6. The second-order valence-corrected chi connectivity index (χ2v) is 4.13. The van der Waals surface area contributed by atoms with Crippen molar-refractivity contribution in [1.82, 2.24) is 4.90 Å². The summed E-state index contributed by atoms with van der Waals surface area (Å²) in [5, 5.41) is 9.05. The molecule has 0 saturated heterocycles. The summed E-state index contributed by atoms with van der Waals surface area (Å²) in [5.41, 5.74) is 5.88. The van der Waals surface area contributed by atoms with Crippen LogP contribution >= 0.6 is 0 Å². The van der Waals surface area contributed by atoms with Crippen LogP contribution in [-0.4, -0.2) is 41.9 Å². The molecule has 0 amide bonds. The Kier molecular flexibility index (Phi) is 4.90. The number of likely N-dealkylation sites (N-methyl/N-ethyl adjacent to an activating group) is 1. The van der Waals surface area contributed by atoms with E-state index in [0.717, 1.165) is 0 Å². The number of carbonyl (C=O) groups excluding carboxylic acids is 1. The largest absolute Gasteiger partial charge is 0.481 e. The molecule has 1 rings (SSSR count). The van der Waals surface area contributed by atoms with Crippen molar-refractivity contribution in [3.05, 3.63) is 23.9 Å². The molecule has 0 bridgehead atoms. The highest BCUT2D eigenvalue weighted by Gasteiger charge is 2.28. The van der Waals surface area contributed by atoms with Crippen LogP contribution in [0.1, 0.15) is 12.8 Å². The van der Waals surface area contributed by atoms with Gasteiger partial charge in [0.2, 0.25) is 0 Å². The minimum absolute atomic E-state index is 0.301. The van der Waals surface area contributed by atoms with E-state index in [4.69, 9.17) is 10.8 Å². The van der Waals surface area contributed by atoms with E-state index >= 15 is 0 Å². The van der Waals surface area contributed by atoms with Crippen LogP contribution in [0, 0.1) is 5.92 Å². The number of carbonyl (C=O) groups is 2. The summed E-state index contributed by atoms with van der Waals surface area (Å²) >= 11 is 0. The number of allylic oxidation sites excluding steroid dienone is 2. The lowest BCUT2D eigenvalue weighted by molar-refractivity contribution is -0.145. The van der Waals surface area contributed by atoms with Gasteiger partial charge < -0.3 is 15.7 Å². The number of nitrogens with zero attached hydrogens (tertiary/aromatic N) is 1. The molecule has 0 aromatic carbocycles. The molecule has 5 heteroatoms. The Morgan fingerprint density at radius 1 is 1.59 bits per heavy atom. The standard InChI is InChI=1S/C12H18N2O3/c1-14-7-3-4-9(8-14)11(15)10(12(16)17)5-2-6-13/h3-4,7,10H,2,5-6,8,13H2,1H3,(H,16,17). The van der Waals surface area contributed by atoms with Crippen LogP contribution in [0.2, 0.25) is 0 Å². The Bertz CT molecular complexity index is 361. The van der Waals surface area contributed by atoms with Gasteiger partial charge in [0.25, 0.3) is 0 Å². The van der Waals surface area contributed by atoms with Gasteiger partial charge in [-0.15, -0.1) is 0 Å². The predicted octanol–water partition coefficient (Wildman–Crippen LogP) is 0.381. The van der Waals surface area contributed by atoms with Crippen molar-refractivity contribution in [3.63, 3.8) is 0 Å². The van der Waals surface area contributed by atoms with Crippen molar-refractivity contribution in [2.45, 2.75) is 12.8 Å². The van der Waals surface area contributed by atoms with Crippen LogP contribution in [0.25, 0.3) is 0 Å². The van der Waals surface area contributed by atoms with Crippen molar-refractivity contribution in [2.75, 3.05) is 20.1 Å². The van der Waals surface area contributed by atoms with Gasteiger partial charge in [0.15, 0.2) is 5.78 Å². The number of rotatable bonds is 6. The van der Waals surface area contributed by atoms with E-state index in [9.17, 15) is 9.59 Å². The molecular formula is C12H18N2O3. The number of hydrogen-bond donors (Lipinski definition) is 2. The number of hydrogen-bond acceptors (Lipinski definition) is 4. The Balaban J connectivity index is 2.74. The molecule has 1 unspecified atom stereocenters. The van der Waals surface area contributed by atoms with Crippen LogP contribution in [-0.2, 0) is 9.59 Å². The summed E-state index contributed by atoms with van der Waals surface area (Å²) in [5.74, 6) is -2.34. The molecule has 0 aromatic heterocycles. The van der Waals surface area contributed by atoms with Gasteiger partial charge in [0.1, 0.15) is 5.92 Å². The molecule has 0 fully saturated rings. The van der Waals surface area contributed by atoms with E-state index in [1.165, 1.54) is 0 Å². The first-order valence-corrected chi connectivity index (χ1v) is 5.61. The van der Waals surface area contributed by atoms with E-state index in [2.05, 4.69) is 0 Å². The lowest BCUT2D eigenvalue weighted by atomic mass is 9.92. The average Bonchev–Trinajstić information content (AvgIpc) is 2.29. The molecule has 0 radical (unpaired) electrons. The zero-order chi connectivity index (χ0) is 12.8. The topological polar surface area (TPSA) is 83.6 Å². The highest BCUT2D eigenvalue weighted by molar-refractivity contribution is 6.08. The van der Waals surface area contributed by atoms with Gasteiger partial charge in [-0.3, -0.25) is 9.59 Å². The van der Waals surface area contributed by atoms with Crippen LogP contribution in [0.15, 0.2) is 23.9 Å². The first-order valence-electron chi connectivity index (χ1n) is 5.61. The zero-order valence-electron chi connectivity index (χ0n) is 9.93. The van der Waals surface area contributed by atoms with Crippen molar-refractivity contribution in [3.8, 4) is 0 Å². The number of ketones is 1. The summed E-state index contributed by atoms with van der Waals surface area (Å²) in [7, 11) is 1.84. The molecule has 1 atom stereocenters. The SMILES string of the molecule is CN1C=CC=C(C(=O)C(CCCN)C(=O)O)C1. The number of carboxylic acid groups (broad SMARTS) is 1. The summed E-state index contributed by atoms with van der Waals surface area (Å²) in [4.78, 5) is 24.9. The van der Waals surface area contributed by atoms with Gasteiger partial charge in [0.05, 0.1) is 0 Å². The smallest absolute Gasteiger partial charge is 0.314 e. The highest BCUT2D eigenvalue weighted by atomic mass is 16.4. The lowest BCUT2D eigenvalue weighted by Crippen LogP contribution is -2.30. The van der Waals surface area contributed by atoms with E-state index < -0.39 is 11.9 Å². The molecular weight excluding hydrogens is 220 g/mol. The van der Waals surface area contributed by atoms with Crippen LogP contribution in [0.5, 0.6) is 0 Å². The molecule has 94 valence electrons. The second-order valence-electron chi connectivity index (χ2n) is 4.13. The maximum Gasteiger partial charge on any atom is 0.314 e.